The Morgan fingerprint density at radius 1 is 1.06 bits per heavy atom. The summed E-state index contributed by atoms with van der Waals surface area (Å²) in [5.74, 6) is 1.04. The maximum absolute atomic E-state index is 12.5. The van der Waals surface area contributed by atoms with Crippen molar-refractivity contribution in [3.8, 4) is 11.5 Å². The van der Waals surface area contributed by atoms with E-state index in [0.29, 0.717) is 35.9 Å². The lowest BCUT2D eigenvalue weighted by molar-refractivity contribution is -0.111. The number of carbonyl (C=O) groups excluding carboxylic acids is 1. The quantitative estimate of drug-likeness (QED) is 0.425. The average Bonchev–Trinajstić information content (AvgIpc) is 3.11. The lowest BCUT2D eigenvalue weighted by Crippen LogP contribution is -2.39. The molecule has 0 fully saturated rings. The van der Waals surface area contributed by atoms with E-state index in [0.717, 1.165) is 23.1 Å². The van der Waals surface area contributed by atoms with Gasteiger partial charge in [0.15, 0.2) is 11.5 Å². The number of rotatable bonds is 10. The van der Waals surface area contributed by atoms with Crippen LogP contribution in [0.25, 0.3) is 17.0 Å². The normalized spacial score (nSPS) is 11.8. The van der Waals surface area contributed by atoms with Gasteiger partial charge in [-0.2, -0.15) is 0 Å². The zero-order valence-electron chi connectivity index (χ0n) is 20.5. The third kappa shape index (κ3) is 6.17. The van der Waals surface area contributed by atoms with Gasteiger partial charge in [-0.25, -0.2) is 0 Å². The van der Waals surface area contributed by atoms with Crippen LogP contribution < -0.4 is 14.8 Å². The van der Waals surface area contributed by atoms with Gasteiger partial charge in [0.05, 0.1) is 7.11 Å². The van der Waals surface area contributed by atoms with Crippen LogP contribution in [0.2, 0.25) is 0 Å². The van der Waals surface area contributed by atoms with Crippen LogP contribution in [0.5, 0.6) is 11.5 Å². The molecule has 0 saturated carbocycles. The zero-order chi connectivity index (χ0) is 24.0. The van der Waals surface area contributed by atoms with Crippen LogP contribution in [0.3, 0.4) is 0 Å². The van der Waals surface area contributed by atoms with Crippen molar-refractivity contribution in [3.63, 3.8) is 0 Å². The third-order valence-electron chi connectivity index (χ3n) is 5.76. The molecular formula is C27H35N3O3. The minimum atomic E-state index is -0.208. The van der Waals surface area contributed by atoms with Crippen LogP contribution in [-0.2, 0) is 11.8 Å². The van der Waals surface area contributed by atoms with Gasteiger partial charge in [0.1, 0.15) is 6.61 Å². The van der Waals surface area contributed by atoms with Crippen molar-refractivity contribution in [1.82, 2.24) is 9.47 Å². The second kappa shape index (κ2) is 11.1. The van der Waals surface area contributed by atoms with Gasteiger partial charge in [0.2, 0.25) is 5.91 Å². The van der Waals surface area contributed by atoms with Crippen molar-refractivity contribution in [2.75, 3.05) is 25.6 Å². The standard InChI is InChI=1S/C27H35N3O3/c1-19(2)30(20(3)4)15-16-33-25-13-11-22(18-26(25)32-6)28-27(31)14-12-23-17-21-9-7-8-10-24(21)29(23)5/h7-14,17-20H,15-16H2,1-6H3,(H,28,31)/b14-12+. The van der Waals surface area contributed by atoms with E-state index in [9.17, 15) is 4.79 Å². The van der Waals surface area contributed by atoms with Crippen LogP contribution in [0.1, 0.15) is 33.4 Å². The highest BCUT2D eigenvalue weighted by Crippen LogP contribution is 2.30. The Labute approximate surface area is 196 Å². The molecule has 2 aromatic carbocycles. The molecule has 0 aliphatic rings. The molecule has 0 radical (unpaired) electrons. The van der Waals surface area contributed by atoms with Gasteiger partial charge < -0.3 is 19.4 Å². The highest BCUT2D eigenvalue weighted by molar-refractivity contribution is 6.02. The first-order valence-electron chi connectivity index (χ1n) is 11.4. The summed E-state index contributed by atoms with van der Waals surface area (Å²) in [6.07, 6.45) is 3.36. The zero-order valence-corrected chi connectivity index (χ0v) is 20.5. The molecule has 176 valence electrons. The Balaban J connectivity index is 1.62. The molecule has 0 atom stereocenters. The van der Waals surface area contributed by atoms with E-state index in [-0.39, 0.29) is 5.91 Å². The number of nitrogens with one attached hydrogen (secondary N) is 1. The van der Waals surface area contributed by atoms with Crippen LogP contribution in [0, 0.1) is 0 Å². The van der Waals surface area contributed by atoms with Crippen LogP contribution in [0.15, 0.2) is 54.6 Å². The molecule has 1 heterocycles. The van der Waals surface area contributed by atoms with E-state index < -0.39 is 0 Å². The van der Waals surface area contributed by atoms with E-state index in [1.165, 1.54) is 6.08 Å². The number of aromatic nitrogens is 1. The van der Waals surface area contributed by atoms with Crippen LogP contribution in [-0.4, -0.2) is 47.7 Å². The second-order valence-electron chi connectivity index (χ2n) is 8.65. The average molecular weight is 450 g/mol. The van der Waals surface area contributed by atoms with Crippen LogP contribution in [0.4, 0.5) is 5.69 Å². The van der Waals surface area contributed by atoms with E-state index in [1.54, 1.807) is 13.2 Å². The Morgan fingerprint density at radius 2 is 1.79 bits per heavy atom. The Bertz CT molecular complexity index is 1110. The summed E-state index contributed by atoms with van der Waals surface area (Å²) in [6, 6.07) is 16.5. The Kier molecular flexibility index (Phi) is 8.17. The van der Waals surface area contributed by atoms with E-state index >= 15 is 0 Å². The predicted molar refractivity (Wildman–Crippen MR) is 136 cm³/mol. The van der Waals surface area contributed by atoms with Crippen molar-refractivity contribution < 1.29 is 14.3 Å². The maximum atomic E-state index is 12.5. The molecule has 0 unspecified atom stereocenters. The van der Waals surface area contributed by atoms with Crippen molar-refractivity contribution in [2.45, 2.75) is 39.8 Å². The van der Waals surface area contributed by atoms with Crippen molar-refractivity contribution >= 4 is 28.6 Å². The number of hydrogen-bond donors (Lipinski definition) is 1. The number of anilines is 1. The molecule has 6 heteroatoms. The predicted octanol–water partition coefficient (Wildman–Crippen LogP) is 5.34. The first kappa shape index (κ1) is 24.4. The topological polar surface area (TPSA) is 55.7 Å². The molecule has 0 spiro atoms. The summed E-state index contributed by atoms with van der Waals surface area (Å²) in [7, 11) is 3.59. The molecule has 1 N–H and O–H groups in total. The molecule has 1 aromatic heterocycles. The molecule has 33 heavy (non-hydrogen) atoms. The van der Waals surface area contributed by atoms with Gasteiger partial charge in [0, 0.05) is 60.1 Å². The number of fused-ring (bicyclic) bond motifs is 1. The number of benzene rings is 2. The summed E-state index contributed by atoms with van der Waals surface area (Å²) in [6.45, 7) is 10.1. The molecule has 6 nitrogen and oxygen atoms in total. The van der Waals surface area contributed by atoms with Gasteiger partial charge >= 0.3 is 0 Å². The smallest absolute Gasteiger partial charge is 0.248 e. The summed E-state index contributed by atoms with van der Waals surface area (Å²) >= 11 is 0. The summed E-state index contributed by atoms with van der Waals surface area (Å²) in [4.78, 5) is 14.9. The molecule has 1 amide bonds. The number of carbonyl (C=O) groups is 1. The highest BCUT2D eigenvalue weighted by Gasteiger charge is 2.14. The first-order chi connectivity index (χ1) is 15.8. The number of methoxy groups -OCH3 is 1. The first-order valence-corrected chi connectivity index (χ1v) is 11.4. The van der Waals surface area contributed by atoms with Crippen molar-refractivity contribution in [3.05, 3.63) is 60.3 Å². The second-order valence-corrected chi connectivity index (χ2v) is 8.65. The van der Waals surface area contributed by atoms with Crippen molar-refractivity contribution in [2.24, 2.45) is 7.05 Å². The molecule has 0 aliphatic carbocycles. The van der Waals surface area contributed by atoms with Crippen LogP contribution >= 0.6 is 0 Å². The number of nitrogens with zero attached hydrogens (tertiary/aromatic N) is 2. The fourth-order valence-electron chi connectivity index (χ4n) is 4.05. The lowest BCUT2D eigenvalue weighted by atomic mass is 10.2. The van der Waals surface area contributed by atoms with Gasteiger partial charge in [-0.15, -0.1) is 0 Å². The third-order valence-corrected chi connectivity index (χ3v) is 5.76. The fraction of sp³-hybridized carbons (Fsp3) is 0.370. The Morgan fingerprint density at radius 3 is 2.45 bits per heavy atom. The van der Waals surface area contributed by atoms with Gasteiger partial charge in [-0.1, -0.05) is 18.2 Å². The van der Waals surface area contributed by atoms with E-state index in [4.69, 9.17) is 9.47 Å². The minimum absolute atomic E-state index is 0.208. The number of ether oxygens (including phenoxy) is 2. The maximum Gasteiger partial charge on any atom is 0.248 e. The SMILES string of the molecule is COc1cc(NC(=O)/C=C/c2cc3ccccc3n2C)ccc1OCCN(C(C)C)C(C)C. The van der Waals surface area contributed by atoms with Gasteiger partial charge in [0.25, 0.3) is 0 Å². The molecule has 0 aliphatic heterocycles. The monoisotopic (exact) mass is 449 g/mol. The van der Waals surface area contributed by atoms with Gasteiger partial charge in [-0.3, -0.25) is 9.69 Å². The molecule has 0 bridgehead atoms. The summed E-state index contributed by atoms with van der Waals surface area (Å²) in [5.41, 5.74) is 2.74. The summed E-state index contributed by atoms with van der Waals surface area (Å²) in [5, 5.41) is 4.04. The molecule has 3 rings (SSSR count). The fourth-order valence-corrected chi connectivity index (χ4v) is 4.05. The molecular weight excluding hydrogens is 414 g/mol. The largest absolute Gasteiger partial charge is 0.493 e. The Hall–Kier alpha value is -3.25. The highest BCUT2D eigenvalue weighted by atomic mass is 16.5. The number of para-hydroxylation sites is 1. The van der Waals surface area contributed by atoms with E-state index in [2.05, 4.69) is 60.7 Å². The summed E-state index contributed by atoms with van der Waals surface area (Å²) < 4.78 is 13.5. The van der Waals surface area contributed by atoms with Gasteiger partial charge in [-0.05, 0) is 58.0 Å². The number of aryl methyl sites for hydroxylation is 1. The van der Waals surface area contributed by atoms with Crippen molar-refractivity contribution in [1.29, 1.82) is 0 Å². The number of amides is 1. The number of hydrogen-bond acceptors (Lipinski definition) is 4. The molecule has 0 saturated heterocycles. The minimum Gasteiger partial charge on any atom is -0.493 e. The molecule has 3 aromatic rings. The lowest BCUT2D eigenvalue weighted by Gasteiger charge is -2.30. The van der Waals surface area contributed by atoms with E-state index in [1.807, 2.05) is 37.4 Å².